The third kappa shape index (κ3) is 5.64. The lowest BCUT2D eigenvalue weighted by molar-refractivity contribution is 0.0988. The Kier molecular flexibility index (Phi) is 7.27. The number of carbonyl (C=O) groups excluding carboxylic acids is 1. The number of Topliss-reactive ketones (excluding diaryl/α,β-unsaturated/α-hetero) is 1. The Morgan fingerprint density at radius 3 is 2.57 bits per heavy atom. The third-order valence-electron chi connectivity index (χ3n) is 6.51. The van der Waals surface area contributed by atoms with Gasteiger partial charge < -0.3 is 20.7 Å². The first-order valence-corrected chi connectivity index (χ1v) is 12.1. The van der Waals surface area contributed by atoms with Gasteiger partial charge in [0.15, 0.2) is 11.6 Å². The summed E-state index contributed by atoms with van der Waals surface area (Å²) in [4.78, 5) is 31.1. The molecule has 0 amide bonds. The van der Waals surface area contributed by atoms with Crippen LogP contribution in [-0.4, -0.2) is 78.1 Å². The SMILES string of the molecule is Nc1ncc(-c2ccc(CN3CCNCC3)cc2)nc1C(=O)Cc1cnccc1N1CCOCC1. The normalized spacial score (nSPS) is 16.9. The van der Waals surface area contributed by atoms with Gasteiger partial charge in [0, 0.05) is 81.4 Å². The zero-order valence-electron chi connectivity index (χ0n) is 19.8. The molecule has 0 saturated carbocycles. The fourth-order valence-electron chi connectivity index (χ4n) is 4.58. The number of anilines is 2. The number of carbonyl (C=O) groups is 1. The molecule has 0 spiro atoms. The molecule has 1 aromatic carbocycles. The van der Waals surface area contributed by atoms with Crippen molar-refractivity contribution < 1.29 is 9.53 Å². The molecule has 182 valence electrons. The summed E-state index contributed by atoms with van der Waals surface area (Å²) in [7, 11) is 0. The topological polar surface area (TPSA) is 109 Å². The highest BCUT2D eigenvalue weighted by atomic mass is 16.5. The molecular weight excluding hydrogens is 442 g/mol. The van der Waals surface area contributed by atoms with E-state index in [0.717, 1.165) is 62.6 Å². The van der Waals surface area contributed by atoms with Crippen LogP contribution in [0.4, 0.5) is 11.5 Å². The van der Waals surface area contributed by atoms with Crippen LogP contribution in [0.2, 0.25) is 0 Å². The first-order chi connectivity index (χ1) is 17.2. The van der Waals surface area contributed by atoms with Crippen LogP contribution in [0.25, 0.3) is 11.3 Å². The lowest BCUT2D eigenvalue weighted by atomic mass is 10.0. The molecule has 0 bridgehead atoms. The minimum Gasteiger partial charge on any atom is -0.382 e. The van der Waals surface area contributed by atoms with E-state index in [-0.39, 0.29) is 23.7 Å². The zero-order chi connectivity index (χ0) is 24.0. The van der Waals surface area contributed by atoms with E-state index in [4.69, 9.17) is 10.5 Å². The van der Waals surface area contributed by atoms with Crippen LogP contribution in [0.3, 0.4) is 0 Å². The first-order valence-electron chi connectivity index (χ1n) is 12.1. The monoisotopic (exact) mass is 473 g/mol. The van der Waals surface area contributed by atoms with Crippen molar-refractivity contribution in [2.45, 2.75) is 13.0 Å². The van der Waals surface area contributed by atoms with E-state index in [1.165, 1.54) is 5.56 Å². The summed E-state index contributed by atoms with van der Waals surface area (Å²) in [5.74, 6) is -0.0272. The van der Waals surface area contributed by atoms with Gasteiger partial charge in [-0.2, -0.15) is 0 Å². The third-order valence-corrected chi connectivity index (χ3v) is 6.51. The average molecular weight is 474 g/mol. The summed E-state index contributed by atoms with van der Waals surface area (Å²) in [5, 5.41) is 3.38. The van der Waals surface area contributed by atoms with Gasteiger partial charge in [0.05, 0.1) is 25.1 Å². The van der Waals surface area contributed by atoms with Crippen LogP contribution in [0.15, 0.2) is 48.9 Å². The van der Waals surface area contributed by atoms with Gasteiger partial charge in [0.25, 0.3) is 0 Å². The molecule has 0 aliphatic carbocycles. The maximum atomic E-state index is 13.3. The van der Waals surface area contributed by atoms with E-state index in [9.17, 15) is 4.79 Å². The lowest BCUT2D eigenvalue weighted by Gasteiger charge is -2.30. The predicted octanol–water partition coefficient (Wildman–Crippen LogP) is 1.79. The van der Waals surface area contributed by atoms with Crippen molar-refractivity contribution in [2.75, 3.05) is 63.1 Å². The Hall–Kier alpha value is -3.40. The minimum absolute atomic E-state index is 0.144. The number of nitrogens with one attached hydrogen (secondary N) is 1. The highest BCUT2D eigenvalue weighted by Crippen LogP contribution is 2.24. The number of pyridine rings is 1. The van der Waals surface area contributed by atoms with Crippen molar-refractivity contribution in [3.63, 3.8) is 0 Å². The van der Waals surface area contributed by atoms with Gasteiger partial charge in [-0.3, -0.25) is 14.7 Å². The van der Waals surface area contributed by atoms with Gasteiger partial charge in [-0.15, -0.1) is 0 Å². The molecule has 9 nitrogen and oxygen atoms in total. The molecule has 4 heterocycles. The average Bonchev–Trinajstić information content (AvgIpc) is 2.91. The number of hydrogen-bond acceptors (Lipinski definition) is 9. The van der Waals surface area contributed by atoms with Crippen LogP contribution >= 0.6 is 0 Å². The molecule has 3 aromatic rings. The maximum absolute atomic E-state index is 13.3. The zero-order valence-corrected chi connectivity index (χ0v) is 19.8. The Morgan fingerprint density at radius 1 is 1.03 bits per heavy atom. The van der Waals surface area contributed by atoms with Crippen LogP contribution in [0.5, 0.6) is 0 Å². The highest BCUT2D eigenvalue weighted by Gasteiger charge is 2.20. The van der Waals surface area contributed by atoms with E-state index < -0.39 is 0 Å². The molecule has 2 aromatic heterocycles. The van der Waals surface area contributed by atoms with E-state index >= 15 is 0 Å². The molecule has 2 aliphatic rings. The first kappa shape index (κ1) is 23.3. The Labute approximate surface area is 205 Å². The standard InChI is InChI=1S/C26H31N7O2/c27-26-25(24(34)15-21-16-29-6-5-23(21)33-11-13-35-14-12-33)31-22(17-30-26)20-3-1-19(2-4-20)18-32-9-7-28-8-10-32/h1-6,16-17,28H,7-15,18H2,(H2,27,30). The summed E-state index contributed by atoms with van der Waals surface area (Å²) in [5.41, 5.74) is 10.9. The van der Waals surface area contributed by atoms with Gasteiger partial charge in [0.2, 0.25) is 0 Å². The molecular formula is C26H31N7O2. The van der Waals surface area contributed by atoms with Gasteiger partial charge in [-0.1, -0.05) is 24.3 Å². The number of nitrogens with zero attached hydrogens (tertiary/aromatic N) is 5. The number of benzene rings is 1. The number of hydrogen-bond donors (Lipinski definition) is 2. The van der Waals surface area contributed by atoms with Crippen molar-refractivity contribution in [3.05, 3.63) is 65.7 Å². The van der Waals surface area contributed by atoms with Gasteiger partial charge in [0.1, 0.15) is 5.69 Å². The largest absolute Gasteiger partial charge is 0.382 e. The molecule has 0 atom stereocenters. The molecule has 2 aliphatic heterocycles. The molecule has 35 heavy (non-hydrogen) atoms. The van der Waals surface area contributed by atoms with E-state index in [1.807, 2.05) is 18.2 Å². The summed E-state index contributed by atoms with van der Waals surface area (Å²) in [6, 6.07) is 10.2. The molecule has 0 unspecified atom stereocenters. The number of nitrogen functional groups attached to an aromatic ring is 1. The van der Waals surface area contributed by atoms with Crippen LogP contribution in [0.1, 0.15) is 21.6 Å². The summed E-state index contributed by atoms with van der Waals surface area (Å²) < 4.78 is 5.46. The Bertz CT molecular complexity index is 1160. The summed E-state index contributed by atoms with van der Waals surface area (Å²) in [6.07, 6.45) is 5.28. The number of nitrogens with two attached hydrogens (primary N) is 1. The van der Waals surface area contributed by atoms with Crippen LogP contribution in [-0.2, 0) is 17.7 Å². The Morgan fingerprint density at radius 2 is 1.80 bits per heavy atom. The highest BCUT2D eigenvalue weighted by molar-refractivity contribution is 6.00. The number of morpholine rings is 1. The Balaban J connectivity index is 1.32. The molecule has 2 saturated heterocycles. The van der Waals surface area contributed by atoms with Gasteiger partial charge in [-0.25, -0.2) is 9.97 Å². The van der Waals surface area contributed by atoms with E-state index in [1.54, 1.807) is 18.6 Å². The van der Waals surface area contributed by atoms with Crippen molar-refractivity contribution in [2.24, 2.45) is 0 Å². The van der Waals surface area contributed by atoms with E-state index in [0.29, 0.717) is 18.9 Å². The van der Waals surface area contributed by atoms with Gasteiger partial charge >= 0.3 is 0 Å². The van der Waals surface area contributed by atoms with Crippen molar-refractivity contribution in [1.82, 2.24) is 25.2 Å². The molecule has 9 heteroatoms. The van der Waals surface area contributed by atoms with E-state index in [2.05, 4.69) is 42.2 Å². The molecule has 0 radical (unpaired) electrons. The predicted molar refractivity (Wildman–Crippen MR) is 135 cm³/mol. The summed E-state index contributed by atoms with van der Waals surface area (Å²) >= 11 is 0. The fourth-order valence-corrected chi connectivity index (χ4v) is 4.58. The van der Waals surface area contributed by atoms with Crippen molar-refractivity contribution in [1.29, 1.82) is 0 Å². The second-order valence-electron chi connectivity index (χ2n) is 8.92. The smallest absolute Gasteiger partial charge is 0.189 e. The minimum atomic E-state index is -0.172. The summed E-state index contributed by atoms with van der Waals surface area (Å²) in [6.45, 7) is 8.01. The van der Waals surface area contributed by atoms with Crippen LogP contribution < -0.4 is 16.0 Å². The molecule has 2 fully saturated rings. The maximum Gasteiger partial charge on any atom is 0.189 e. The van der Waals surface area contributed by atoms with Crippen molar-refractivity contribution in [3.8, 4) is 11.3 Å². The molecule has 5 rings (SSSR count). The quantitative estimate of drug-likeness (QED) is 0.496. The van der Waals surface area contributed by atoms with Crippen LogP contribution in [0, 0.1) is 0 Å². The number of ether oxygens (including phenoxy) is 1. The van der Waals surface area contributed by atoms with Crippen molar-refractivity contribution >= 4 is 17.3 Å². The molecule has 3 N–H and O–H groups in total. The second kappa shape index (κ2) is 10.9. The second-order valence-corrected chi connectivity index (χ2v) is 8.92. The van der Waals surface area contributed by atoms with Gasteiger partial charge in [-0.05, 0) is 11.6 Å². The fraction of sp³-hybridized carbons (Fsp3) is 0.385. The number of aromatic nitrogens is 3. The number of piperazine rings is 1. The lowest BCUT2D eigenvalue weighted by Crippen LogP contribution is -2.42. The number of ketones is 1. The number of rotatable bonds is 7.